The first-order valence-corrected chi connectivity index (χ1v) is 8.62. The van der Waals surface area contributed by atoms with Gasteiger partial charge in [0, 0.05) is 54.7 Å². The maximum atomic E-state index is 4.70. The van der Waals surface area contributed by atoms with Crippen molar-refractivity contribution in [2.75, 3.05) is 36.0 Å². The second kappa shape index (κ2) is 5.49. The monoisotopic (exact) mass is 324 g/mol. The molecule has 0 saturated carbocycles. The molecule has 0 amide bonds. The van der Waals surface area contributed by atoms with E-state index in [0.717, 1.165) is 48.1 Å². The van der Waals surface area contributed by atoms with Crippen LogP contribution in [0.2, 0.25) is 0 Å². The molecule has 0 unspecified atom stereocenters. The Hall–Kier alpha value is -1.28. The van der Waals surface area contributed by atoms with Gasteiger partial charge in [-0.1, -0.05) is 20.8 Å². The fourth-order valence-electron chi connectivity index (χ4n) is 2.15. The maximum absolute atomic E-state index is 4.70. The first-order chi connectivity index (χ1) is 9.93. The minimum Gasteiger partial charge on any atom is -0.343 e. The molecule has 1 saturated heterocycles. The van der Waals surface area contributed by atoms with Crippen LogP contribution in [-0.4, -0.2) is 44.9 Å². The Balaban J connectivity index is 1.64. The fraction of sp³-hybridized carbons (Fsp3) is 0.692. The van der Waals surface area contributed by atoms with E-state index < -0.39 is 0 Å². The Labute approximate surface area is 133 Å². The van der Waals surface area contributed by atoms with Crippen LogP contribution >= 0.6 is 23.1 Å². The highest BCUT2D eigenvalue weighted by Crippen LogP contribution is 2.27. The molecule has 1 aliphatic heterocycles. The summed E-state index contributed by atoms with van der Waals surface area (Å²) in [6.45, 7) is 12.2. The Morgan fingerprint density at radius 3 is 1.81 bits per heavy atom. The van der Waals surface area contributed by atoms with Crippen molar-refractivity contribution in [1.82, 2.24) is 18.7 Å². The average molecular weight is 324 g/mol. The molecule has 1 aliphatic rings. The van der Waals surface area contributed by atoms with Gasteiger partial charge in [-0.15, -0.1) is 0 Å². The number of nitrogens with zero attached hydrogens (tertiary/aromatic N) is 6. The van der Waals surface area contributed by atoms with Gasteiger partial charge in [0.05, 0.1) is 0 Å². The highest BCUT2D eigenvalue weighted by atomic mass is 32.1. The van der Waals surface area contributed by atoms with E-state index in [9.17, 15) is 0 Å². The number of piperazine rings is 1. The Morgan fingerprint density at radius 1 is 0.857 bits per heavy atom. The molecule has 3 rings (SSSR count). The minimum absolute atomic E-state index is 0.0145. The molecule has 6 nitrogen and oxygen atoms in total. The maximum Gasteiger partial charge on any atom is 0.205 e. The summed E-state index contributed by atoms with van der Waals surface area (Å²) in [5, 5.41) is 2.06. The van der Waals surface area contributed by atoms with Crippen molar-refractivity contribution >= 4 is 33.3 Å². The summed E-state index contributed by atoms with van der Waals surface area (Å²) >= 11 is 2.99. The molecule has 1 fully saturated rings. The summed E-state index contributed by atoms with van der Waals surface area (Å²) in [6.07, 6.45) is 0. The van der Waals surface area contributed by atoms with Gasteiger partial charge in [0.2, 0.25) is 10.3 Å². The van der Waals surface area contributed by atoms with Crippen LogP contribution in [0.25, 0.3) is 0 Å². The number of rotatable bonds is 2. The van der Waals surface area contributed by atoms with E-state index in [-0.39, 0.29) is 5.41 Å². The number of anilines is 2. The predicted octanol–water partition coefficient (Wildman–Crippen LogP) is 2.32. The van der Waals surface area contributed by atoms with Gasteiger partial charge in [-0.2, -0.15) is 8.75 Å². The van der Waals surface area contributed by atoms with Crippen LogP contribution in [0.4, 0.5) is 10.3 Å². The Bertz CT molecular complexity index is 606. The second-order valence-corrected chi connectivity index (χ2v) is 7.71. The average Bonchev–Trinajstić information content (AvgIpc) is 3.07. The standard InChI is InChI=1S/C13H20N6S2/c1-9-14-11(20-16-9)18-5-7-19(8-6-18)12-15-10(17-21-12)13(2,3)4/h5-8H2,1-4H3. The van der Waals surface area contributed by atoms with Crippen LogP contribution in [0.15, 0.2) is 0 Å². The lowest BCUT2D eigenvalue weighted by molar-refractivity contribution is 0.553. The van der Waals surface area contributed by atoms with E-state index in [1.807, 2.05) is 6.92 Å². The number of aromatic nitrogens is 4. The molecule has 0 bridgehead atoms. The van der Waals surface area contributed by atoms with Gasteiger partial charge in [0.25, 0.3) is 0 Å². The van der Waals surface area contributed by atoms with Gasteiger partial charge in [0.15, 0.2) is 0 Å². The molecule has 0 spiro atoms. The van der Waals surface area contributed by atoms with Crippen LogP contribution in [0.1, 0.15) is 32.4 Å². The van der Waals surface area contributed by atoms with E-state index in [0.29, 0.717) is 0 Å². The third-order valence-corrected chi connectivity index (χ3v) is 5.07. The van der Waals surface area contributed by atoms with Gasteiger partial charge >= 0.3 is 0 Å². The molecule has 8 heteroatoms. The SMILES string of the molecule is Cc1nsc(N2CCN(c3nc(C(C)(C)C)ns3)CC2)n1. The predicted molar refractivity (Wildman–Crippen MR) is 87.7 cm³/mol. The lowest BCUT2D eigenvalue weighted by Crippen LogP contribution is -2.46. The highest BCUT2D eigenvalue weighted by molar-refractivity contribution is 7.10. The van der Waals surface area contributed by atoms with Crippen LogP contribution < -0.4 is 9.80 Å². The van der Waals surface area contributed by atoms with E-state index in [4.69, 9.17) is 4.98 Å². The first-order valence-electron chi connectivity index (χ1n) is 7.08. The molecular weight excluding hydrogens is 304 g/mol. The van der Waals surface area contributed by atoms with E-state index in [1.54, 1.807) is 0 Å². The molecule has 0 aromatic carbocycles. The van der Waals surface area contributed by atoms with Crippen LogP contribution in [0.3, 0.4) is 0 Å². The van der Waals surface area contributed by atoms with Crippen molar-refractivity contribution < 1.29 is 0 Å². The summed E-state index contributed by atoms with van der Waals surface area (Å²) < 4.78 is 8.75. The number of aryl methyl sites for hydroxylation is 1. The zero-order valence-corrected chi connectivity index (χ0v) is 14.5. The van der Waals surface area contributed by atoms with E-state index >= 15 is 0 Å². The van der Waals surface area contributed by atoms with Crippen molar-refractivity contribution in [3.63, 3.8) is 0 Å². The molecule has 3 heterocycles. The van der Waals surface area contributed by atoms with Crippen LogP contribution in [0, 0.1) is 6.92 Å². The summed E-state index contributed by atoms with van der Waals surface area (Å²) in [4.78, 5) is 13.8. The lowest BCUT2D eigenvalue weighted by atomic mass is 9.96. The zero-order valence-electron chi connectivity index (χ0n) is 12.8. The van der Waals surface area contributed by atoms with Crippen molar-refractivity contribution in [2.24, 2.45) is 0 Å². The van der Waals surface area contributed by atoms with Crippen molar-refractivity contribution in [1.29, 1.82) is 0 Å². The number of hydrogen-bond acceptors (Lipinski definition) is 8. The molecule has 114 valence electrons. The largest absolute Gasteiger partial charge is 0.343 e. The molecule has 2 aromatic rings. The van der Waals surface area contributed by atoms with Crippen LogP contribution in [0.5, 0.6) is 0 Å². The van der Waals surface area contributed by atoms with Crippen molar-refractivity contribution in [3.05, 3.63) is 11.6 Å². The second-order valence-electron chi connectivity index (χ2n) is 6.25. The van der Waals surface area contributed by atoms with Gasteiger partial charge in [-0.25, -0.2) is 9.97 Å². The van der Waals surface area contributed by atoms with Gasteiger partial charge in [-0.3, -0.25) is 0 Å². The topological polar surface area (TPSA) is 58.0 Å². The molecule has 0 aliphatic carbocycles. The van der Waals surface area contributed by atoms with E-state index in [1.165, 1.54) is 23.1 Å². The first kappa shape index (κ1) is 14.6. The highest BCUT2D eigenvalue weighted by Gasteiger charge is 2.25. The summed E-state index contributed by atoms with van der Waals surface area (Å²) in [7, 11) is 0. The zero-order chi connectivity index (χ0) is 15.0. The Kier molecular flexibility index (Phi) is 3.83. The van der Waals surface area contributed by atoms with E-state index in [2.05, 4.69) is 44.3 Å². The molecular formula is C13H20N6S2. The van der Waals surface area contributed by atoms with Gasteiger partial charge in [-0.05, 0) is 6.92 Å². The van der Waals surface area contributed by atoms with Gasteiger partial charge < -0.3 is 9.80 Å². The normalized spacial score (nSPS) is 16.6. The van der Waals surface area contributed by atoms with Crippen molar-refractivity contribution in [2.45, 2.75) is 33.1 Å². The molecule has 0 radical (unpaired) electrons. The minimum atomic E-state index is 0.0145. The van der Waals surface area contributed by atoms with Crippen molar-refractivity contribution in [3.8, 4) is 0 Å². The third kappa shape index (κ3) is 3.16. The van der Waals surface area contributed by atoms with Gasteiger partial charge in [0.1, 0.15) is 11.6 Å². The number of hydrogen-bond donors (Lipinski definition) is 0. The lowest BCUT2D eigenvalue weighted by Gasteiger charge is -2.33. The molecule has 0 atom stereocenters. The quantitative estimate of drug-likeness (QED) is 0.845. The molecule has 0 N–H and O–H groups in total. The molecule has 21 heavy (non-hydrogen) atoms. The Morgan fingerprint density at radius 2 is 1.38 bits per heavy atom. The smallest absolute Gasteiger partial charge is 0.205 e. The van der Waals surface area contributed by atoms with Crippen LogP contribution in [-0.2, 0) is 5.41 Å². The summed E-state index contributed by atoms with van der Waals surface area (Å²) in [6, 6.07) is 0. The molecule has 2 aromatic heterocycles. The fourth-order valence-corrected chi connectivity index (χ4v) is 3.79. The summed E-state index contributed by atoms with van der Waals surface area (Å²) in [5.41, 5.74) is 0.0145. The third-order valence-electron chi connectivity index (χ3n) is 3.42. The summed E-state index contributed by atoms with van der Waals surface area (Å²) in [5.74, 6) is 1.79.